The van der Waals surface area contributed by atoms with E-state index in [1.165, 1.54) is 6.92 Å². The molecule has 4 heterocycles. The predicted octanol–water partition coefficient (Wildman–Crippen LogP) is 1.67. The molecule has 0 bridgehead atoms. The van der Waals surface area contributed by atoms with Gasteiger partial charge in [-0.1, -0.05) is 6.92 Å². The third-order valence-electron chi connectivity index (χ3n) is 9.08. The highest BCUT2D eigenvalue weighted by molar-refractivity contribution is 5.92. The van der Waals surface area contributed by atoms with Crippen molar-refractivity contribution in [2.75, 3.05) is 6.61 Å². The second-order valence-electron chi connectivity index (χ2n) is 10.5. The van der Waals surface area contributed by atoms with Crippen molar-refractivity contribution in [3.63, 3.8) is 0 Å². The van der Waals surface area contributed by atoms with Crippen LogP contribution in [0.1, 0.15) is 47.0 Å². The van der Waals surface area contributed by atoms with Gasteiger partial charge in [-0.15, -0.1) is 0 Å². The van der Waals surface area contributed by atoms with Crippen LogP contribution in [0.25, 0.3) is 0 Å². The second kappa shape index (κ2) is 4.58. The summed E-state index contributed by atoms with van der Waals surface area (Å²) >= 11 is 0. The zero-order chi connectivity index (χ0) is 20.1. The lowest BCUT2D eigenvalue weighted by molar-refractivity contribution is -0.157. The van der Waals surface area contributed by atoms with Gasteiger partial charge in [-0.05, 0) is 44.6 Å². The number of rotatable bonds is 1. The number of esters is 2. The average Bonchev–Trinajstić information content (AvgIpc) is 3.56. The number of hydrogen-bond acceptors (Lipinski definition) is 7. The first-order valence-electron chi connectivity index (χ1n) is 10.8. The number of epoxide rings is 3. The topological polar surface area (TPSA) is 90.2 Å². The normalized spacial score (nSPS) is 60.3. The van der Waals surface area contributed by atoms with Crippen LogP contribution in [0.3, 0.4) is 0 Å². The smallest absolute Gasteiger partial charge is 0.334 e. The van der Waals surface area contributed by atoms with Crippen molar-refractivity contribution in [2.24, 2.45) is 17.8 Å². The molecule has 4 aliphatic heterocycles. The monoisotopic (exact) mass is 402 g/mol. The molecule has 156 valence electrons. The Balaban J connectivity index is 1.46. The van der Waals surface area contributed by atoms with E-state index in [9.17, 15) is 9.59 Å². The molecule has 3 saturated carbocycles. The van der Waals surface area contributed by atoms with Crippen molar-refractivity contribution in [1.82, 2.24) is 0 Å². The molecule has 3 aliphatic carbocycles. The molecule has 1 spiro atoms. The van der Waals surface area contributed by atoms with Gasteiger partial charge in [0.25, 0.3) is 0 Å². The van der Waals surface area contributed by atoms with Gasteiger partial charge in [0.2, 0.25) is 0 Å². The van der Waals surface area contributed by atoms with Gasteiger partial charge < -0.3 is 23.7 Å². The summed E-state index contributed by atoms with van der Waals surface area (Å²) in [5, 5.41) is 0. The molecular weight excluding hydrogens is 376 g/mol. The minimum absolute atomic E-state index is 0.0162. The zero-order valence-corrected chi connectivity index (χ0v) is 17.2. The van der Waals surface area contributed by atoms with E-state index in [4.69, 9.17) is 23.7 Å². The van der Waals surface area contributed by atoms with Crippen molar-refractivity contribution in [1.29, 1.82) is 0 Å². The summed E-state index contributed by atoms with van der Waals surface area (Å²) in [7, 11) is 0. The molecule has 0 unspecified atom stereocenters. The highest BCUT2D eigenvalue weighted by Gasteiger charge is 2.98. The quantitative estimate of drug-likeness (QED) is 0.487. The van der Waals surface area contributed by atoms with E-state index in [1.807, 2.05) is 6.92 Å². The van der Waals surface area contributed by atoms with E-state index in [-0.39, 0.29) is 53.6 Å². The molecule has 29 heavy (non-hydrogen) atoms. The van der Waals surface area contributed by atoms with E-state index >= 15 is 0 Å². The van der Waals surface area contributed by atoms with Crippen molar-refractivity contribution in [3.8, 4) is 0 Å². The van der Waals surface area contributed by atoms with Crippen molar-refractivity contribution in [2.45, 2.75) is 87.7 Å². The molecule has 7 rings (SSSR count). The first kappa shape index (κ1) is 17.3. The fourth-order valence-corrected chi connectivity index (χ4v) is 8.05. The van der Waals surface area contributed by atoms with E-state index in [2.05, 4.69) is 13.8 Å². The van der Waals surface area contributed by atoms with Crippen LogP contribution in [-0.4, -0.2) is 59.3 Å². The van der Waals surface area contributed by atoms with Crippen LogP contribution >= 0.6 is 0 Å². The Morgan fingerprint density at radius 1 is 1.31 bits per heavy atom. The lowest BCUT2D eigenvalue weighted by atomic mass is 9.57. The molecule has 0 N–H and O–H groups in total. The van der Waals surface area contributed by atoms with Gasteiger partial charge in [0.05, 0.1) is 12.2 Å². The van der Waals surface area contributed by atoms with Crippen LogP contribution < -0.4 is 0 Å². The highest BCUT2D eigenvalue weighted by Crippen LogP contribution is 2.82. The summed E-state index contributed by atoms with van der Waals surface area (Å²) in [6, 6.07) is 0. The Bertz CT molecular complexity index is 920. The average molecular weight is 402 g/mol. The fraction of sp³-hybridized carbons (Fsp3) is 0.818. The van der Waals surface area contributed by atoms with Crippen LogP contribution in [0.5, 0.6) is 0 Å². The zero-order valence-electron chi connectivity index (χ0n) is 17.2. The lowest BCUT2D eigenvalue weighted by Crippen LogP contribution is -2.59. The van der Waals surface area contributed by atoms with E-state index in [1.54, 1.807) is 0 Å². The lowest BCUT2D eigenvalue weighted by Gasteiger charge is -2.42. The van der Waals surface area contributed by atoms with Crippen molar-refractivity contribution in [3.05, 3.63) is 11.1 Å². The fourth-order valence-electron chi connectivity index (χ4n) is 8.05. The summed E-state index contributed by atoms with van der Waals surface area (Å²) in [5.74, 6) is -0.368. The molecule has 0 radical (unpaired) electrons. The summed E-state index contributed by atoms with van der Waals surface area (Å²) in [6.07, 6.45) is 1.80. The molecule has 0 aromatic carbocycles. The Kier molecular flexibility index (Phi) is 2.73. The second-order valence-corrected chi connectivity index (χ2v) is 10.5. The Hall–Kier alpha value is -1.44. The van der Waals surface area contributed by atoms with Gasteiger partial charge in [-0.3, -0.25) is 4.79 Å². The number of hydrogen-bond donors (Lipinski definition) is 0. The van der Waals surface area contributed by atoms with Gasteiger partial charge in [0.1, 0.15) is 35.1 Å². The third kappa shape index (κ3) is 1.65. The Labute approximate surface area is 169 Å². The standard InChI is InChI=1S/C22H26O7/c1-9-7-21-18-19(4,28-18)14-13-10(2)17(24)27-12(13)5-6-20(8-25-20)15(14)22(21,29-21)16(9)26-11(3)23/h9,12,14-16,18H,5-8H2,1-4H3/t9-,12+,14-,15+,16-,18+,19+,20+,21+,22+/m1/s1. The van der Waals surface area contributed by atoms with Gasteiger partial charge >= 0.3 is 11.9 Å². The number of carbonyl (C=O) groups is 2. The van der Waals surface area contributed by atoms with Gasteiger partial charge in [0, 0.05) is 24.3 Å². The molecule has 7 nitrogen and oxygen atoms in total. The maximum absolute atomic E-state index is 12.5. The number of carbonyl (C=O) groups excluding carboxylic acids is 2. The first-order chi connectivity index (χ1) is 13.7. The molecule has 10 atom stereocenters. The first-order valence-corrected chi connectivity index (χ1v) is 10.8. The molecule has 0 aromatic rings. The SMILES string of the molecule is CC(=O)O[C@@H]1[C@H](C)C[C@@]23O[C@@]12[C@H]1[C@@H](C2=C(C)C(=O)O[C@H]2CC[C@]12CO2)[C@]1(C)O[C@@H]13. The number of ether oxygens (including phenoxy) is 5. The van der Waals surface area contributed by atoms with Crippen LogP contribution in [-0.2, 0) is 33.3 Å². The summed E-state index contributed by atoms with van der Waals surface area (Å²) < 4.78 is 31.0. The largest absolute Gasteiger partial charge is 0.459 e. The minimum Gasteiger partial charge on any atom is -0.459 e. The third-order valence-corrected chi connectivity index (χ3v) is 9.08. The molecule has 3 saturated heterocycles. The minimum atomic E-state index is -0.603. The van der Waals surface area contributed by atoms with E-state index < -0.39 is 16.8 Å². The summed E-state index contributed by atoms with van der Waals surface area (Å²) in [6.45, 7) is 8.30. The molecule has 7 aliphatic rings. The van der Waals surface area contributed by atoms with E-state index in [0.717, 1.165) is 24.8 Å². The summed E-state index contributed by atoms with van der Waals surface area (Å²) in [5.41, 5.74) is 0.0302. The predicted molar refractivity (Wildman–Crippen MR) is 96.6 cm³/mol. The maximum atomic E-state index is 12.5. The van der Waals surface area contributed by atoms with Gasteiger partial charge in [-0.25, -0.2) is 4.79 Å². The van der Waals surface area contributed by atoms with Crippen LogP contribution in [0.4, 0.5) is 0 Å². The Morgan fingerprint density at radius 3 is 2.76 bits per heavy atom. The van der Waals surface area contributed by atoms with Gasteiger partial charge in [0.15, 0.2) is 0 Å². The van der Waals surface area contributed by atoms with Gasteiger partial charge in [-0.2, -0.15) is 0 Å². The molecular formula is C22H26O7. The number of fused-ring (bicyclic) bond motifs is 6. The van der Waals surface area contributed by atoms with Crippen molar-refractivity contribution < 1.29 is 33.3 Å². The molecule has 0 amide bonds. The van der Waals surface area contributed by atoms with Crippen LogP contribution in [0.15, 0.2) is 11.1 Å². The molecule has 7 heteroatoms. The Morgan fingerprint density at radius 2 is 2.07 bits per heavy atom. The van der Waals surface area contributed by atoms with Crippen LogP contribution in [0.2, 0.25) is 0 Å². The highest BCUT2D eigenvalue weighted by atomic mass is 16.7. The molecule has 6 fully saturated rings. The van der Waals surface area contributed by atoms with Crippen LogP contribution in [0, 0.1) is 17.8 Å². The van der Waals surface area contributed by atoms with E-state index in [0.29, 0.717) is 12.2 Å². The van der Waals surface area contributed by atoms with Crippen molar-refractivity contribution >= 4 is 11.9 Å². The maximum Gasteiger partial charge on any atom is 0.334 e. The molecule has 0 aromatic heterocycles. The summed E-state index contributed by atoms with van der Waals surface area (Å²) in [4.78, 5) is 24.5.